The monoisotopic (exact) mass is 567 g/mol. The lowest BCUT2D eigenvalue weighted by atomic mass is 9.79. The number of rotatable bonds is 3. The number of nitrogens with zero attached hydrogens (tertiary/aromatic N) is 2. The summed E-state index contributed by atoms with van der Waals surface area (Å²) in [5.74, 6) is -1.87. The maximum absolute atomic E-state index is 14.7. The predicted octanol–water partition coefficient (Wildman–Crippen LogP) is 5.61. The van der Waals surface area contributed by atoms with Crippen molar-refractivity contribution in [1.82, 2.24) is 9.97 Å². The fourth-order valence-corrected chi connectivity index (χ4v) is 6.74. The number of nitrogens with one attached hydrogen (secondary N) is 2. The number of pyridine rings is 2. The molecule has 0 radical (unpaired) electrons. The molecule has 0 saturated heterocycles. The molecule has 2 aromatic carbocycles. The van der Waals surface area contributed by atoms with Gasteiger partial charge < -0.3 is 15.8 Å². The Labute approximate surface area is 240 Å². The Morgan fingerprint density at radius 2 is 1.76 bits per heavy atom. The molecule has 4 N–H and O–H groups in total. The normalized spacial score (nSPS) is 23.9. The zero-order valence-electron chi connectivity index (χ0n) is 22.4. The van der Waals surface area contributed by atoms with Crippen LogP contribution in [0.4, 0.5) is 25.1 Å². The quantitative estimate of drug-likeness (QED) is 0.277. The molecule has 1 aliphatic heterocycles. The first-order valence-corrected chi connectivity index (χ1v) is 13.8. The molecule has 42 heavy (non-hydrogen) atoms. The topological polar surface area (TPSA) is 119 Å². The van der Waals surface area contributed by atoms with Gasteiger partial charge in [0.05, 0.1) is 11.1 Å². The number of nitrogens with two attached hydrogens (primary N) is 1. The molecule has 1 spiro atoms. The molecule has 0 saturated carbocycles. The van der Waals surface area contributed by atoms with Gasteiger partial charge in [-0.2, -0.15) is 0 Å². The van der Waals surface area contributed by atoms with Gasteiger partial charge in [-0.1, -0.05) is 30.3 Å². The van der Waals surface area contributed by atoms with Crippen molar-refractivity contribution in [3.63, 3.8) is 0 Å². The van der Waals surface area contributed by atoms with E-state index in [-0.39, 0.29) is 11.5 Å². The molecule has 4 atom stereocenters. The van der Waals surface area contributed by atoms with Crippen LogP contribution in [-0.4, -0.2) is 22.0 Å². The number of benzene rings is 2. The number of halogens is 2. The van der Waals surface area contributed by atoms with E-state index < -0.39 is 41.2 Å². The summed E-state index contributed by atoms with van der Waals surface area (Å²) < 4.78 is 34.6. The van der Waals surface area contributed by atoms with Crippen molar-refractivity contribution in [2.45, 2.75) is 49.2 Å². The van der Waals surface area contributed by atoms with Crippen LogP contribution in [0.2, 0.25) is 0 Å². The predicted molar refractivity (Wildman–Crippen MR) is 151 cm³/mol. The molecule has 2 aliphatic carbocycles. The molecule has 8 nitrogen and oxygen atoms in total. The highest BCUT2D eigenvalue weighted by Gasteiger charge is 2.51. The smallest absolute Gasteiger partial charge is 0.412 e. The maximum atomic E-state index is 14.7. The summed E-state index contributed by atoms with van der Waals surface area (Å²) in [6, 6.07) is 16.2. The number of anilines is 2. The summed E-state index contributed by atoms with van der Waals surface area (Å²) in [6.45, 7) is 0. The Balaban J connectivity index is 1.10. The highest BCUT2D eigenvalue weighted by Crippen LogP contribution is 2.47. The number of carbonyl (C=O) groups is 2. The average Bonchev–Trinajstić information content (AvgIpc) is 3.46. The van der Waals surface area contributed by atoms with Crippen LogP contribution in [0.1, 0.15) is 64.4 Å². The second-order valence-corrected chi connectivity index (χ2v) is 11.1. The second kappa shape index (κ2) is 9.99. The van der Waals surface area contributed by atoms with Crippen molar-refractivity contribution in [1.29, 1.82) is 0 Å². The fourth-order valence-electron chi connectivity index (χ4n) is 6.74. The van der Waals surface area contributed by atoms with Gasteiger partial charge in [0.2, 0.25) is 5.91 Å². The second-order valence-electron chi connectivity index (χ2n) is 11.1. The molecule has 1 unspecified atom stereocenters. The Kier molecular flexibility index (Phi) is 6.23. The molecule has 0 fully saturated rings. The van der Waals surface area contributed by atoms with E-state index in [0.29, 0.717) is 48.4 Å². The van der Waals surface area contributed by atoms with E-state index in [2.05, 4.69) is 20.6 Å². The standard InChI is InChI=1S/C32H27F2N5O3/c33-24-7-1-4-20(26(24)34)21-10-11-25(28-22(27(21)35)5-2-12-36-28)42-31(41)38-19-9-8-17-15-32(16-18(17)14-19)23-6-3-13-37-29(23)39-30(32)40/h1-9,12-14,21,25,27H,10-11,15-16,35H2,(H,38,41)(H,37,39,40)/t21-,25+,27-,32?/m0/s1. The minimum atomic E-state index is -0.933. The van der Waals surface area contributed by atoms with Crippen molar-refractivity contribution in [3.05, 3.63) is 118 Å². The summed E-state index contributed by atoms with van der Waals surface area (Å²) >= 11 is 0. The molecule has 10 heteroatoms. The van der Waals surface area contributed by atoms with E-state index >= 15 is 0 Å². The number of carbonyl (C=O) groups excluding carboxylic acids is 2. The van der Waals surface area contributed by atoms with E-state index in [1.54, 1.807) is 30.6 Å². The first kappa shape index (κ1) is 26.2. The van der Waals surface area contributed by atoms with Crippen LogP contribution >= 0.6 is 0 Å². The summed E-state index contributed by atoms with van der Waals surface area (Å²) in [5, 5.41) is 5.71. The summed E-state index contributed by atoms with van der Waals surface area (Å²) in [4.78, 5) is 34.9. The molecule has 4 aromatic rings. The first-order valence-electron chi connectivity index (χ1n) is 13.8. The minimum Gasteiger partial charge on any atom is -0.439 e. The van der Waals surface area contributed by atoms with Crippen molar-refractivity contribution in [2.24, 2.45) is 5.73 Å². The van der Waals surface area contributed by atoms with E-state index in [0.717, 1.165) is 22.8 Å². The zero-order valence-corrected chi connectivity index (χ0v) is 22.4. The van der Waals surface area contributed by atoms with Gasteiger partial charge in [0.25, 0.3) is 0 Å². The molecule has 0 bridgehead atoms. The van der Waals surface area contributed by atoms with E-state index in [1.807, 2.05) is 24.3 Å². The van der Waals surface area contributed by atoms with Crippen LogP contribution in [0, 0.1) is 11.6 Å². The number of aromatic nitrogens is 2. The lowest BCUT2D eigenvalue weighted by Gasteiger charge is -2.23. The van der Waals surface area contributed by atoms with Crippen molar-refractivity contribution in [2.75, 3.05) is 10.6 Å². The molecule has 2 amide bonds. The summed E-state index contributed by atoms with van der Waals surface area (Å²) in [7, 11) is 0. The van der Waals surface area contributed by atoms with Crippen LogP contribution in [0.5, 0.6) is 0 Å². The van der Waals surface area contributed by atoms with Gasteiger partial charge in [0, 0.05) is 35.6 Å². The van der Waals surface area contributed by atoms with Crippen LogP contribution in [0.3, 0.4) is 0 Å². The molecule has 7 rings (SSSR count). The van der Waals surface area contributed by atoms with Gasteiger partial charge in [-0.3, -0.25) is 15.1 Å². The third kappa shape index (κ3) is 4.21. The van der Waals surface area contributed by atoms with E-state index in [1.165, 1.54) is 12.1 Å². The van der Waals surface area contributed by atoms with Gasteiger partial charge in [0.15, 0.2) is 11.6 Å². The first-order chi connectivity index (χ1) is 20.3. The lowest BCUT2D eigenvalue weighted by Crippen LogP contribution is -2.35. The highest BCUT2D eigenvalue weighted by molar-refractivity contribution is 6.06. The van der Waals surface area contributed by atoms with Crippen LogP contribution in [0.15, 0.2) is 73.1 Å². The third-order valence-electron chi connectivity index (χ3n) is 8.77. The van der Waals surface area contributed by atoms with Crippen molar-refractivity contribution < 1.29 is 23.1 Å². The summed E-state index contributed by atoms with van der Waals surface area (Å²) in [5.41, 5.74) is 10.6. The van der Waals surface area contributed by atoms with Crippen molar-refractivity contribution in [3.8, 4) is 0 Å². The number of fused-ring (bicyclic) bond motifs is 4. The van der Waals surface area contributed by atoms with E-state index in [4.69, 9.17) is 10.5 Å². The molecule has 3 heterocycles. The molecular weight excluding hydrogens is 540 g/mol. The Morgan fingerprint density at radius 3 is 2.64 bits per heavy atom. The van der Waals surface area contributed by atoms with Crippen LogP contribution in [0.25, 0.3) is 0 Å². The largest absolute Gasteiger partial charge is 0.439 e. The fraction of sp³-hybridized carbons (Fsp3) is 0.250. The van der Waals surface area contributed by atoms with E-state index in [9.17, 15) is 18.4 Å². The number of hydrogen-bond acceptors (Lipinski definition) is 6. The zero-order chi connectivity index (χ0) is 29.0. The van der Waals surface area contributed by atoms with Crippen LogP contribution < -0.4 is 16.4 Å². The third-order valence-corrected chi connectivity index (χ3v) is 8.77. The van der Waals surface area contributed by atoms with Gasteiger partial charge in [-0.15, -0.1) is 0 Å². The van der Waals surface area contributed by atoms with Gasteiger partial charge >= 0.3 is 6.09 Å². The molecule has 2 aromatic heterocycles. The molecule has 212 valence electrons. The van der Waals surface area contributed by atoms with Crippen molar-refractivity contribution >= 4 is 23.5 Å². The van der Waals surface area contributed by atoms with Crippen LogP contribution in [-0.2, 0) is 27.8 Å². The van der Waals surface area contributed by atoms with Gasteiger partial charge in [0.1, 0.15) is 11.9 Å². The Hall–Kier alpha value is -4.70. The van der Waals surface area contributed by atoms with Gasteiger partial charge in [-0.05, 0) is 78.3 Å². The number of hydrogen-bond donors (Lipinski definition) is 3. The number of amides is 2. The Morgan fingerprint density at radius 1 is 0.976 bits per heavy atom. The average molecular weight is 568 g/mol. The summed E-state index contributed by atoms with van der Waals surface area (Å²) in [6.07, 6.45) is 3.55. The SMILES string of the molecule is N[C@@H]1c2cccnc2[C@H](OC(=O)Nc2ccc3c(c2)CC2(C3)C(=O)Nc3ncccc32)CC[C@H]1c1cccc(F)c1F. The maximum Gasteiger partial charge on any atom is 0.412 e. The minimum absolute atomic E-state index is 0.0736. The Bertz CT molecular complexity index is 1750. The van der Waals surface area contributed by atoms with Gasteiger partial charge in [-0.25, -0.2) is 18.6 Å². The lowest BCUT2D eigenvalue weighted by molar-refractivity contribution is -0.120. The molecule has 3 aliphatic rings. The number of ether oxygens (including phenoxy) is 1. The molecular formula is C32H27F2N5O3. The highest BCUT2D eigenvalue weighted by atomic mass is 19.2.